The van der Waals surface area contributed by atoms with Crippen molar-refractivity contribution in [3.8, 4) is 0 Å². The van der Waals surface area contributed by atoms with Crippen LogP contribution in [0.15, 0.2) is 52.6 Å². The fraction of sp³-hybridized carbons (Fsp3) is 0.346. The number of allylic oxidation sites excluding steroid dienone is 1. The Kier molecular flexibility index (Phi) is 10.3. The van der Waals surface area contributed by atoms with Crippen molar-refractivity contribution in [2.24, 2.45) is 10.6 Å². The highest BCUT2D eigenvalue weighted by molar-refractivity contribution is 8.00. The van der Waals surface area contributed by atoms with Crippen molar-refractivity contribution < 1.29 is 46.7 Å². The highest BCUT2D eigenvalue weighted by Gasteiger charge is 2.57. The Morgan fingerprint density at radius 3 is 2.71 bits per heavy atom. The maximum Gasteiger partial charge on any atom is 0.471 e. The Bertz CT molecular complexity index is 1750. The van der Waals surface area contributed by atoms with E-state index in [1.807, 2.05) is 0 Å². The van der Waals surface area contributed by atoms with Crippen LogP contribution in [0.5, 0.6) is 0 Å². The molecule has 22 heteroatoms. The standard InChI is InChI=1S/C26H23F4N9O6S3/c1-2-7-39-24(34-36-37-39)48-12-25(22(43)44)10-38-19(41)17(20(38)47-11-25)32-18(40)16(35-45-8-13-3-5-14(27)6-4-13)15-9-46-23(31-15)33-21(42)26(28,29)30/h2-6,9,17,20H,1,7-8,10-12H2,(H,32,40)(H,43,44)(H,31,33,42)/t17?,20-,25?/m1/s1. The predicted octanol–water partition coefficient (Wildman–Crippen LogP) is 2.14. The highest BCUT2D eigenvalue weighted by Crippen LogP contribution is 2.44. The number of nitrogens with one attached hydrogen (secondary N) is 2. The Labute approximate surface area is 280 Å². The number of rotatable bonds is 13. The van der Waals surface area contributed by atoms with Gasteiger partial charge in [-0.2, -0.15) is 13.2 Å². The number of alkyl halides is 3. The van der Waals surface area contributed by atoms with Gasteiger partial charge in [0.05, 0.1) is 6.54 Å². The fourth-order valence-corrected chi connectivity index (χ4v) is 7.86. The van der Waals surface area contributed by atoms with Crippen LogP contribution in [0.2, 0.25) is 0 Å². The molecule has 5 rings (SSSR count). The zero-order valence-corrected chi connectivity index (χ0v) is 26.7. The van der Waals surface area contributed by atoms with Gasteiger partial charge >= 0.3 is 18.1 Å². The lowest BCUT2D eigenvalue weighted by Crippen LogP contribution is -2.74. The molecule has 2 fully saturated rings. The number of carbonyl (C=O) groups excluding carboxylic acids is 3. The number of aliphatic carboxylic acids is 1. The van der Waals surface area contributed by atoms with Crippen LogP contribution in [-0.4, -0.2) is 100 Å². The molecule has 3 atom stereocenters. The number of carboxylic acids is 1. The number of thiazole rings is 1. The smallest absolute Gasteiger partial charge is 0.471 e. The van der Waals surface area contributed by atoms with Gasteiger partial charge in [-0.3, -0.25) is 24.5 Å². The summed E-state index contributed by atoms with van der Waals surface area (Å²) in [5.41, 5.74) is -1.69. The molecular formula is C26H23F4N9O6S3. The van der Waals surface area contributed by atoms with Crippen molar-refractivity contribution in [1.82, 2.24) is 35.4 Å². The first-order chi connectivity index (χ1) is 22.8. The van der Waals surface area contributed by atoms with Crippen molar-refractivity contribution in [3.05, 3.63) is 59.4 Å². The van der Waals surface area contributed by atoms with E-state index in [0.29, 0.717) is 28.6 Å². The lowest BCUT2D eigenvalue weighted by molar-refractivity contribution is -0.167. The van der Waals surface area contributed by atoms with Crippen LogP contribution < -0.4 is 10.6 Å². The molecule has 3 amide bonds. The van der Waals surface area contributed by atoms with Crippen molar-refractivity contribution in [3.63, 3.8) is 0 Å². The van der Waals surface area contributed by atoms with Gasteiger partial charge in [0.25, 0.3) is 5.91 Å². The molecule has 3 aromatic rings. The van der Waals surface area contributed by atoms with Gasteiger partial charge in [-0.25, -0.2) is 14.1 Å². The SMILES string of the molecule is C=CCn1nnnc1SCC1(C(=O)O)CS[C@@H]2C(NC(=O)C(=NOCc3ccc(F)cc3)c3csc(NC(=O)C(F)(F)F)n3)C(=O)N2C1. The van der Waals surface area contributed by atoms with Crippen LogP contribution in [0.25, 0.3) is 0 Å². The number of thioether (sulfide) groups is 2. The number of carbonyl (C=O) groups is 4. The summed E-state index contributed by atoms with van der Waals surface area (Å²) >= 11 is 2.84. The molecule has 254 valence electrons. The van der Waals surface area contributed by atoms with Gasteiger partial charge in [0.2, 0.25) is 11.1 Å². The summed E-state index contributed by atoms with van der Waals surface area (Å²) in [6.07, 6.45) is -3.61. The minimum atomic E-state index is -5.19. The number of hydrogen-bond acceptors (Lipinski definition) is 13. The molecule has 4 heterocycles. The zero-order valence-electron chi connectivity index (χ0n) is 24.2. The third kappa shape index (κ3) is 7.59. The normalized spacial score (nSPS) is 20.8. The minimum Gasteiger partial charge on any atom is -0.481 e. The Hall–Kier alpha value is -4.57. The summed E-state index contributed by atoms with van der Waals surface area (Å²) in [6.45, 7) is 3.55. The predicted molar refractivity (Wildman–Crippen MR) is 163 cm³/mol. The summed E-state index contributed by atoms with van der Waals surface area (Å²) < 4.78 is 52.9. The molecule has 3 N–H and O–H groups in total. The van der Waals surface area contributed by atoms with E-state index in [4.69, 9.17) is 4.84 Å². The van der Waals surface area contributed by atoms with Gasteiger partial charge < -0.3 is 20.2 Å². The number of amides is 3. The number of fused-ring (bicyclic) bond motifs is 1. The van der Waals surface area contributed by atoms with E-state index < -0.39 is 63.4 Å². The summed E-state index contributed by atoms with van der Waals surface area (Å²) in [7, 11) is 0. The van der Waals surface area contributed by atoms with Crippen molar-refractivity contribution in [1.29, 1.82) is 0 Å². The average molecular weight is 730 g/mol. The van der Waals surface area contributed by atoms with E-state index in [9.17, 15) is 41.8 Å². The van der Waals surface area contributed by atoms with Crippen LogP contribution in [0.4, 0.5) is 22.7 Å². The second-order valence-electron chi connectivity index (χ2n) is 10.3. The highest BCUT2D eigenvalue weighted by atomic mass is 32.2. The number of tetrazole rings is 1. The summed E-state index contributed by atoms with van der Waals surface area (Å²) in [4.78, 5) is 60.8. The molecular weight excluding hydrogens is 707 g/mol. The Balaban J connectivity index is 1.28. The Morgan fingerprint density at radius 1 is 1.27 bits per heavy atom. The van der Waals surface area contributed by atoms with E-state index in [-0.39, 0.29) is 30.4 Å². The zero-order chi connectivity index (χ0) is 34.6. The molecule has 48 heavy (non-hydrogen) atoms. The molecule has 2 aromatic heterocycles. The molecule has 2 aliphatic rings. The third-order valence-corrected chi connectivity index (χ3v) is 10.5. The van der Waals surface area contributed by atoms with Gasteiger partial charge in [-0.1, -0.05) is 35.1 Å². The fourth-order valence-electron chi connectivity index (χ4n) is 4.42. The topological polar surface area (TPSA) is 194 Å². The van der Waals surface area contributed by atoms with E-state index in [1.165, 1.54) is 33.8 Å². The summed E-state index contributed by atoms with van der Waals surface area (Å²) in [6, 6.07) is 4.04. The first-order valence-electron chi connectivity index (χ1n) is 13.6. The summed E-state index contributed by atoms with van der Waals surface area (Å²) in [5, 5.41) is 29.8. The second-order valence-corrected chi connectivity index (χ2v) is 13.2. The lowest BCUT2D eigenvalue weighted by atomic mass is 9.89. The number of oxime groups is 1. The van der Waals surface area contributed by atoms with E-state index in [0.717, 1.165) is 28.9 Å². The van der Waals surface area contributed by atoms with Gasteiger partial charge in [0, 0.05) is 23.4 Å². The molecule has 1 aromatic carbocycles. The molecule has 2 unspecified atom stereocenters. The maximum atomic E-state index is 13.4. The second kappa shape index (κ2) is 14.3. The van der Waals surface area contributed by atoms with Crippen LogP contribution in [0, 0.1) is 11.2 Å². The van der Waals surface area contributed by atoms with Crippen LogP contribution in [0.3, 0.4) is 0 Å². The molecule has 15 nitrogen and oxygen atoms in total. The first-order valence-corrected chi connectivity index (χ1v) is 16.5. The monoisotopic (exact) mass is 729 g/mol. The minimum absolute atomic E-state index is 0.0413. The molecule has 2 saturated heterocycles. The van der Waals surface area contributed by atoms with Crippen molar-refractivity contribution in [2.75, 3.05) is 23.4 Å². The van der Waals surface area contributed by atoms with Crippen LogP contribution in [-0.2, 0) is 37.2 Å². The number of hydrogen-bond donors (Lipinski definition) is 3. The average Bonchev–Trinajstić information content (AvgIpc) is 3.70. The number of nitrogens with zero attached hydrogens (tertiary/aromatic N) is 7. The van der Waals surface area contributed by atoms with E-state index in [2.05, 4.69) is 37.6 Å². The number of benzene rings is 1. The van der Waals surface area contributed by atoms with Gasteiger partial charge in [0.15, 0.2) is 10.8 Å². The third-order valence-electron chi connectivity index (χ3n) is 6.90. The first kappa shape index (κ1) is 34.8. The number of carboxylic acid groups (broad SMARTS) is 1. The molecule has 0 radical (unpaired) electrons. The molecule has 0 aliphatic carbocycles. The Morgan fingerprint density at radius 2 is 2.02 bits per heavy atom. The largest absolute Gasteiger partial charge is 0.481 e. The van der Waals surface area contributed by atoms with Gasteiger partial charge in [0.1, 0.15) is 34.9 Å². The van der Waals surface area contributed by atoms with E-state index >= 15 is 0 Å². The van der Waals surface area contributed by atoms with Crippen LogP contribution >= 0.6 is 34.9 Å². The number of anilines is 1. The quantitative estimate of drug-likeness (QED) is 0.0581. The molecule has 0 bridgehead atoms. The number of β-lactam (4-membered cyclic amide) rings is 1. The molecule has 2 aliphatic heterocycles. The lowest BCUT2D eigenvalue weighted by Gasteiger charge is -2.53. The number of halogens is 4. The summed E-state index contributed by atoms with van der Waals surface area (Å²) in [5.74, 6) is -5.34. The van der Waals surface area contributed by atoms with Crippen molar-refractivity contribution in [2.45, 2.75) is 35.9 Å². The van der Waals surface area contributed by atoms with E-state index in [1.54, 1.807) is 11.4 Å². The van der Waals surface area contributed by atoms with Gasteiger partial charge in [-0.05, 0) is 28.1 Å². The van der Waals surface area contributed by atoms with Crippen LogP contribution in [0.1, 0.15) is 11.3 Å². The maximum absolute atomic E-state index is 13.4. The van der Waals surface area contributed by atoms with Crippen molar-refractivity contribution >= 4 is 69.4 Å². The van der Waals surface area contributed by atoms with Gasteiger partial charge in [-0.15, -0.1) is 34.8 Å². The molecule has 0 saturated carbocycles. The number of aromatic nitrogens is 5. The molecule has 0 spiro atoms.